The highest BCUT2D eigenvalue weighted by molar-refractivity contribution is 5.84. The van der Waals surface area contributed by atoms with E-state index in [4.69, 9.17) is 5.73 Å². The standard InChI is InChI=1S/C14H28N2O/c1-3-11-14(4-2,13(15)17)16-12-9-7-5-6-8-10-12/h12,16H,3-11H2,1-2H3,(H2,15,17). The summed E-state index contributed by atoms with van der Waals surface area (Å²) in [5, 5.41) is 3.58. The molecule has 17 heavy (non-hydrogen) atoms. The van der Waals surface area contributed by atoms with Crippen LogP contribution in [-0.4, -0.2) is 17.5 Å². The molecular weight excluding hydrogens is 212 g/mol. The smallest absolute Gasteiger partial charge is 0.237 e. The largest absolute Gasteiger partial charge is 0.368 e. The number of hydrogen-bond donors (Lipinski definition) is 2. The predicted molar refractivity (Wildman–Crippen MR) is 71.8 cm³/mol. The molecule has 0 saturated heterocycles. The third-order valence-electron chi connectivity index (χ3n) is 4.09. The molecule has 1 amide bonds. The Morgan fingerprint density at radius 3 is 2.24 bits per heavy atom. The maximum Gasteiger partial charge on any atom is 0.237 e. The molecule has 0 aliphatic heterocycles. The van der Waals surface area contributed by atoms with Gasteiger partial charge in [0, 0.05) is 6.04 Å². The minimum atomic E-state index is -0.468. The average molecular weight is 240 g/mol. The van der Waals surface area contributed by atoms with Crippen LogP contribution in [0.2, 0.25) is 0 Å². The molecule has 0 aromatic rings. The van der Waals surface area contributed by atoms with Crippen LogP contribution in [0.25, 0.3) is 0 Å². The van der Waals surface area contributed by atoms with Gasteiger partial charge in [-0.3, -0.25) is 4.79 Å². The highest BCUT2D eigenvalue weighted by atomic mass is 16.1. The molecule has 1 fully saturated rings. The summed E-state index contributed by atoms with van der Waals surface area (Å²) in [6.07, 6.45) is 10.3. The van der Waals surface area contributed by atoms with E-state index in [9.17, 15) is 4.79 Å². The number of carbonyl (C=O) groups excluding carboxylic acids is 1. The van der Waals surface area contributed by atoms with Gasteiger partial charge in [-0.1, -0.05) is 46.0 Å². The molecule has 0 heterocycles. The first-order chi connectivity index (χ1) is 8.14. The zero-order chi connectivity index (χ0) is 12.7. The Morgan fingerprint density at radius 2 is 1.82 bits per heavy atom. The molecule has 1 aliphatic carbocycles. The van der Waals surface area contributed by atoms with Gasteiger partial charge in [-0.25, -0.2) is 0 Å². The van der Waals surface area contributed by atoms with Crippen molar-refractivity contribution in [3.63, 3.8) is 0 Å². The number of rotatable bonds is 6. The molecule has 1 unspecified atom stereocenters. The van der Waals surface area contributed by atoms with E-state index < -0.39 is 5.54 Å². The molecule has 1 aliphatic rings. The van der Waals surface area contributed by atoms with Crippen LogP contribution in [0.15, 0.2) is 0 Å². The molecule has 0 radical (unpaired) electrons. The summed E-state index contributed by atoms with van der Waals surface area (Å²) < 4.78 is 0. The van der Waals surface area contributed by atoms with Crippen LogP contribution in [0.3, 0.4) is 0 Å². The molecule has 0 spiro atoms. The van der Waals surface area contributed by atoms with Crippen LogP contribution in [0, 0.1) is 0 Å². The van der Waals surface area contributed by atoms with Gasteiger partial charge in [0.2, 0.25) is 5.91 Å². The highest BCUT2D eigenvalue weighted by Gasteiger charge is 2.35. The van der Waals surface area contributed by atoms with Gasteiger partial charge in [0.25, 0.3) is 0 Å². The molecule has 1 atom stereocenters. The molecule has 1 rings (SSSR count). The zero-order valence-corrected chi connectivity index (χ0v) is 11.4. The van der Waals surface area contributed by atoms with Crippen molar-refractivity contribution in [1.29, 1.82) is 0 Å². The van der Waals surface area contributed by atoms with Crippen LogP contribution in [0.5, 0.6) is 0 Å². The molecule has 0 bridgehead atoms. The normalized spacial score (nSPS) is 21.8. The number of nitrogens with one attached hydrogen (secondary N) is 1. The quantitative estimate of drug-likeness (QED) is 0.701. The van der Waals surface area contributed by atoms with Gasteiger partial charge in [0.05, 0.1) is 5.54 Å². The lowest BCUT2D eigenvalue weighted by molar-refractivity contribution is -0.125. The second kappa shape index (κ2) is 7.00. The van der Waals surface area contributed by atoms with Crippen LogP contribution in [-0.2, 0) is 4.79 Å². The Hall–Kier alpha value is -0.570. The minimum Gasteiger partial charge on any atom is -0.368 e. The first-order valence-corrected chi connectivity index (χ1v) is 7.22. The van der Waals surface area contributed by atoms with Crippen molar-refractivity contribution in [3.05, 3.63) is 0 Å². The molecule has 0 aromatic carbocycles. The zero-order valence-electron chi connectivity index (χ0n) is 11.4. The summed E-state index contributed by atoms with van der Waals surface area (Å²) >= 11 is 0. The monoisotopic (exact) mass is 240 g/mol. The molecule has 3 heteroatoms. The Kier molecular flexibility index (Phi) is 5.96. The van der Waals surface area contributed by atoms with Crippen molar-refractivity contribution >= 4 is 5.91 Å². The Bertz CT molecular complexity index is 234. The lowest BCUT2D eigenvalue weighted by atomic mass is 9.88. The van der Waals surface area contributed by atoms with Crippen LogP contribution < -0.4 is 11.1 Å². The summed E-state index contributed by atoms with van der Waals surface area (Å²) in [7, 11) is 0. The van der Waals surface area contributed by atoms with Crippen LogP contribution in [0.4, 0.5) is 0 Å². The van der Waals surface area contributed by atoms with E-state index in [1.54, 1.807) is 0 Å². The lowest BCUT2D eigenvalue weighted by Crippen LogP contribution is -2.58. The molecule has 0 aromatic heterocycles. The highest BCUT2D eigenvalue weighted by Crippen LogP contribution is 2.23. The predicted octanol–water partition coefficient (Wildman–Crippen LogP) is 2.73. The topological polar surface area (TPSA) is 55.1 Å². The van der Waals surface area contributed by atoms with E-state index in [1.807, 2.05) is 0 Å². The van der Waals surface area contributed by atoms with Crippen molar-refractivity contribution in [2.75, 3.05) is 0 Å². The van der Waals surface area contributed by atoms with Crippen molar-refractivity contribution in [2.45, 2.75) is 83.2 Å². The number of hydrogen-bond acceptors (Lipinski definition) is 2. The average Bonchev–Trinajstić information content (AvgIpc) is 2.56. The number of amides is 1. The van der Waals surface area contributed by atoms with Gasteiger partial charge in [-0.2, -0.15) is 0 Å². The van der Waals surface area contributed by atoms with E-state index in [2.05, 4.69) is 19.2 Å². The maximum atomic E-state index is 11.8. The second-order valence-electron chi connectivity index (χ2n) is 5.38. The first kappa shape index (κ1) is 14.5. The third-order valence-corrected chi connectivity index (χ3v) is 4.09. The van der Waals surface area contributed by atoms with E-state index in [0.29, 0.717) is 6.04 Å². The minimum absolute atomic E-state index is 0.175. The fourth-order valence-electron chi connectivity index (χ4n) is 2.96. The van der Waals surface area contributed by atoms with E-state index in [-0.39, 0.29) is 5.91 Å². The Labute approximate surface area is 106 Å². The Morgan fingerprint density at radius 1 is 1.24 bits per heavy atom. The van der Waals surface area contributed by atoms with Crippen LogP contribution >= 0.6 is 0 Å². The van der Waals surface area contributed by atoms with Crippen molar-refractivity contribution in [1.82, 2.24) is 5.32 Å². The summed E-state index contributed by atoms with van der Waals surface area (Å²) in [5.74, 6) is -0.175. The number of carbonyl (C=O) groups is 1. The van der Waals surface area contributed by atoms with E-state index >= 15 is 0 Å². The van der Waals surface area contributed by atoms with Crippen LogP contribution in [0.1, 0.15) is 71.6 Å². The van der Waals surface area contributed by atoms with Gasteiger partial charge in [0.15, 0.2) is 0 Å². The summed E-state index contributed by atoms with van der Waals surface area (Å²) in [6.45, 7) is 4.17. The van der Waals surface area contributed by atoms with Crippen molar-refractivity contribution < 1.29 is 4.79 Å². The van der Waals surface area contributed by atoms with Gasteiger partial charge in [-0.15, -0.1) is 0 Å². The molecule has 1 saturated carbocycles. The number of nitrogens with two attached hydrogens (primary N) is 1. The summed E-state index contributed by atoms with van der Waals surface area (Å²) in [4.78, 5) is 11.8. The van der Waals surface area contributed by atoms with E-state index in [0.717, 1.165) is 19.3 Å². The fourth-order valence-corrected chi connectivity index (χ4v) is 2.96. The molecule has 3 N–H and O–H groups in total. The Balaban J connectivity index is 2.66. The molecule has 3 nitrogen and oxygen atoms in total. The van der Waals surface area contributed by atoms with Crippen molar-refractivity contribution in [3.8, 4) is 0 Å². The summed E-state index contributed by atoms with van der Waals surface area (Å²) in [6, 6.07) is 0.483. The van der Waals surface area contributed by atoms with Gasteiger partial charge >= 0.3 is 0 Å². The van der Waals surface area contributed by atoms with Crippen molar-refractivity contribution in [2.24, 2.45) is 5.73 Å². The second-order valence-corrected chi connectivity index (χ2v) is 5.38. The number of primary amides is 1. The van der Waals surface area contributed by atoms with Gasteiger partial charge in [0.1, 0.15) is 0 Å². The third kappa shape index (κ3) is 3.98. The molecule has 100 valence electrons. The van der Waals surface area contributed by atoms with Gasteiger partial charge in [-0.05, 0) is 25.7 Å². The first-order valence-electron chi connectivity index (χ1n) is 7.22. The van der Waals surface area contributed by atoms with Gasteiger partial charge < -0.3 is 11.1 Å². The fraction of sp³-hybridized carbons (Fsp3) is 0.929. The SMILES string of the molecule is CCCC(CC)(NC1CCCCCC1)C(N)=O. The maximum absolute atomic E-state index is 11.8. The lowest BCUT2D eigenvalue weighted by Gasteiger charge is -2.34. The summed E-state index contributed by atoms with van der Waals surface area (Å²) in [5.41, 5.74) is 5.15. The molecular formula is C14H28N2O. The van der Waals surface area contributed by atoms with E-state index in [1.165, 1.54) is 38.5 Å².